The third-order valence-electron chi connectivity index (χ3n) is 3.16. The fraction of sp³-hybridized carbons (Fsp3) is 0.250. The number of nitrogen functional groups attached to an aromatic ring is 1. The van der Waals surface area contributed by atoms with Crippen LogP contribution >= 0.6 is 0 Å². The van der Waals surface area contributed by atoms with Crippen LogP contribution in [-0.4, -0.2) is 11.0 Å². The summed E-state index contributed by atoms with van der Waals surface area (Å²) in [7, 11) is 0. The first kappa shape index (κ1) is 13.9. The predicted octanol–water partition coefficient (Wildman–Crippen LogP) is 2.95. The smallest absolute Gasteiger partial charge is 0.101 e. The summed E-state index contributed by atoms with van der Waals surface area (Å²) in [6.45, 7) is 4.89. The van der Waals surface area contributed by atoms with E-state index in [0.29, 0.717) is 12.1 Å². The molecule has 2 rings (SSSR count). The maximum Gasteiger partial charge on any atom is 0.101 e. The molecule has 1 aromatic heterocycles. The lowest BCUT2D eigenvalue weighted by molar-refractivity contribution is 0.680. The third kappa shape index (κ3) is 3.07. The van der Waals surface area contributed by atoms with Crippen LogP contribution in [0, 0.1) is 11.3 Å². The molecule has 0 unspecified atom stereocenters. The topological polar surface area (TPSA) is 65.9 Å². The van der Waals surface area contributed by atoms with Gasteiger partial charge in [0.1, 0.15) is 6.07 Å². The number of pyridine rings is 1. The molecule has 1 aromatic carbocycles. The molecule has 0 fully saturated rings. The first-order chi connectivity index (χ1) is 9.61. The van der Waals surface area contributed by atoms with E-state index in [4.69, 9.17) is 5.73 Å². The molecule has 0 spiro atoms. The van der Waals surface area contributed by atoms with Crippen molar-refractivity contribution in [1.29, 1.82) is 5.26 Å². The van der Waals surface area contributed by atoms with Gasteiger partial charge in [-0.15, -0.1) is 0 Å². The highest BCUT2D eigenvalue weighted by Crippen LogP contribution is 2.23. The van der Waals surface area contributed by atoms with Crippen molar-refractivity contribution in [3.63, 3.8) is 0 Å². The molecule has 0 aliphatic heterocycles. The van der Waals surface area contributed by atoms with Gasteiger partial charge in [-0.3, -0.25) is 4.98 Å². The van der Waals surface area contributed by atoms with E-state index < -0.39 is 0 Å². The maximum atomic E-state index is 9.23. The number of rotatable bonds is 4. The van der Waals surface area contributed by atoms with Crippen LogP contribution in [0.4, 0.5) is 11.4 Å². The van der Waals surface area contributed by atoms with Crippen LogP contribution in [0.3, 0.4) is 0 Å². The quantitative estimate of drug-likeness (QED) is 0.864. The zero-order valence-corrected chi connectivity index (χ0v) is 11.7. The fourth-order valence-electron chi connectivity index (χ4n) is 2.14. The second-order valence-electron chi connectivity index (χ2n) is 4.97. The first-order valence-electron chi connectivity index (χ1n) is 6.57. The Labute approximate surface area is 119 Å². The molecule has 2 N–H and O–H groups in total. The SMILES string of the molecule is CC(C)N(Cc1cccc(N)c1)c1cnccc1C#N. The van der Waals surface area contributed by atoms with Crippen LogP contribution in [0.1, 0.15) is 25.0 Å². The van der Waals surface area contributed by atoms with Crippen LogP contribution in [-0.2, 0) is 6.54 Å². The molecule has 1 heterocycles. The van der Waals surface area contributed by atoms with Gasteiger partial charge in [0.25, 0.3) is 0 Å². The summed E-state index contributed by atoms with van der Waals surface area (Å²) in [6.07, 6.45) is 3.38. The first-order valence-corrected chi connectivity index (χ1v) is 6.57. The summed E-state index contributed by atoms with van der Waals surface area (Å²) in [6, 6.07) is 12.0. The molecule has 2 aromatic rings. The van der Waals surface area contributed by atoms with Gasteiger partial charge >= 0.3 is 0 Å². The van der Waals surface area contributed by atoms with E-state index in [-0.39, 0.29) is 6.04 Å². The van der Waals surface area contributed by atoms with Gasteiger partial charge in [-0.1, -0.05) is 12.1 Å². The molecular weight excluding hydrogens is 248 g/mol. The Balaban J connectivity index is 2.35. The van der Waals surface area contributed by atoms with E-state index in [1.165, 1.54) is 0 Å². The number of benzene rings is 1. The Hall–Kier alpha value is -2.54. The lowest BCUT2D eigenvalue weighted by Gasteiger charge is -2.29. The molecule has 0 amide bonds. The Kier molecular flexibility index (Phi) is 4.21. The number of hydrogen-bond acceptors (Lipinski definition) is 4. The molecule has 0 saturated heterocycles. The molecule has 4 nitrogen and oxygen atoms in total. The summed E-state index contributed by atoms with van der Waals surface area (Å²) in [5, 5.41) is 9.23. The molecule has 0 saturated carbocycles. The molecule has 20 heavy (non-hydrogen) atoms. The highest BCUT2D eigenvalue weighted by atomic mass is 15.2. The van der Waals surface area contributed by atoms with Crippen molar-refractivity contribution in [3.8, 4) is 6.07 Å². The minimum atomic E-state index is 0.257. The molecule has 0 radical (unpaired) electrons. The summed E-state index contributed by atoms with van der Waals surface area (Å²) < 4.78 is 0. The molecule has 0 aliphatic carbocycles. The number of anilines is 2. The van der Waals surface area contributed by atoms with Crippen molar-refractivity contribution >= 4 is 11.4 Å². The van der Waals surface area contributed by atoms with E-state index in [2.05, 4.69) is 29.8 Å². The molecule has 0 aliphatic rings. The summed E-state index contributed by atoms with van der Waals surface area (Å²) in [4.78, 5) is 6.29. The van der Waals surface area contributed by atoms with Crippen molar-refractivity contribution in [2.24, 2.45) is 0 Å². The third-order valence-corrected chi connectivity index (χ3v) is 3.16. The van der Waals surface area contributed by atoms with Gasteiger partial charge < -0.3 is 10.6 Å². The zero-order chi connectivity index (χ0) is 14.5. The van der Waals surface area contributed by atoms with Gasteiger partial charge in [-0.05, 0) is 37.6 Å². The lowest BCUT2D eigenvalue weighted by atomic mass is 10.1. The second kappa shape index (κ2) is 6.07. The molecule has 4 heteroatoms. The predicted molar refractivity (Wildman–Crippen MR) is 81.1 cm³/mol. The average molecular weight is 266 g/mol. The van der Waals surface area contributed by atoms with E-state index in [0.717, 1.165) is 16.9 Å². The van der Waals surface area contributed by atoms with Crippen molar-refractivity contribution in [1.82, 2.24) is 4.98 Å². The van der Waals surface area contributed by atoms with Crippen LogP contribution in [0.5, 0.6) is 0 Å². The van der Waals surface area contributed by atoms with E-state index >= 15 is 0 Å². The number of nitriles is 1. The van der Waals surface area contributed by atoms with Gasteiger partial charge in [-0.25, -0.2) is 0 Å². The van der Waals surface area contributed by atoms with Crippen LogP contribution in [0.15, 0.2) is 42.7 Å². The minimum Gasteiger partial charge on any atom is -0.399 e. The Bertz CT molecular complexity index is 628. The number of nitrogens with zero attached hydrogens (tertiary/aromatic N) is 3. The second-order valence-corrected chi connectivity index (χ2v) is 4.97. The molecular formula is C16H18N4. The van der Waals surface area contributed by atoms with E-state index in [1.807, 2.05) is 24.3 Å². The van der Waals surface area contributed by atoms with Gasteiger partial charge in [0.05, 0.1) is 17.4 Å². The number of aromatic nitrogens is 1. The van der Waals surface area contributed by atoms with Gasteiger partial charge in [0.15, 0.2) is 0 Å². The normalized spacial score (nSPS) is 10.3. The van der Waals surface area contributed by atoms with Crippen LogP contribution in [0.25, 0.3) is 0 Å². The largest absolute Gasteiger partial charge is 0.399 e. The maximum absolute atomic E-state index is 9.23. The summed E-state index contributed by atoms with van der Waals surface area (Å²) in [5.74, 6) is 0. The standard InChI is InChI=1S/C16H18N4/c1-12(2)20(11-13-4-3-5-15(18)8-13)16-10-19-7-6-14(16)9-17/h3-8,10,12H,11,18H2,1-2H3. The minimum absolute atomic E-state index is 0.257. The highest BCUT2D eigenvalue weighted by Gasteiger charge is 2.15. The van der Waals surface area contributed by atoms with E-state index in [9.17, 15) is 5.26 Å². The van der Waals surface area contributed by atoms with Crippen molar-refractivity contribution in [2.75, 3.05) is 10.6 Å². The van der Waals surface area contributed by atoms with Gasteiger partial charge in [0, 0.05) is 24.5 Å². The van der Waals surface area contributed by atoms with Crippen molar-refractivity contribution < 1.29 is 0 Å². The zero-order valence-electron chi connectivity index (χ0n) is 11.7. The van der Waals surface area contributed by atoms with Crippen molar-refractivity contribution in [3.05, 3.63) is 53.9 Å². The van der Waals surface area contributed by atoms with Crippen LogP contribution in [0.2, 0.25) is 0 Å². The monoisotopic (exact) mass is 266 g/mol. The molecule has 102 valence electrons. The summed E-state index contributed by atoms with van der Waals surface area (Å²) in [5.41, 5.74) is 9.18. The van der Waals surface area contributed by atoms with E-state index in [1.54, 1.807) is 18.5 Å². The van der Waals surface area contributed by atoms with Gasteiger partial charge in [0.2, 0.25) is 0 Å². The average Bonchev–Trinajstić information content (AvgIpc) is 2.44. The Morgan fingerprint density at radius 1 is 1.35 bits per heavy atom. The highest BCUT2D eigenvalue weighted by molar-refractivity contribution is 5.58. The summed E-state index contributed by atoms with van der Waals surface area (Å²) >= 11 is 0. The number of hydrogen-bond donors (Lipinski definition) is 1. The van der Waals surface area contributed by atoms with Crippen LogP contribution < -0.4 is 10.6 Å². The fourth-order valence-corrected chi connectivity index (χ4v) is 2.14. The molecule has 0 bridgehead atoms. The Morgan fingerprint density at radius 3 is 2.80 bits per heavy atom. The molecule has 0 atom stereocenters. The lowest BCUT2D eigenvalue weighted by Crippen LogP contribution is -2.31. The number of nitrogens with two attached hydrogens (primary N) is 1. The van der Waals surface area contributed by atoms with Crippen molar-refractivity contribution in [2.45, 2.75) is 26.4 Å². The van der Waals surface area contributed by atoms with Gasteiger partial charge in [-0.2, -0.15) is 5.26 Å². The Morgan fingerprint density at radius 2 is 2.15 bits per heavy atom.